The van der Waals surface area contributed by atoms with E-state index in [9.17, 15) is 9.18 Å². The van der Waals surface area contributed by atoms with Gasteiger partial charge in [0.2, 0.25) is 0 Å². The standard InChI is InChI=1S/C10H11FO.C2H6/c1-2-8-4-3-5-10(11)9(6-8)7-12;1-2/h3-4,6-7H,2,5H2,1H3;1-2H3. The number of allylic oxidation sites excluding steroid dienone is 6. The van der Waals surface area contributed by atoms with Crippen molar-refractivity contribution in [2.24, 2.45) is 0 Å². The SMILES string of the molecule is CC.CCC1=CC(C=O)=C(F)CC=C1. The zero-order valence-electron chi connectivity index (χ0n) is 9.01. The first-order chi connectivity index (χ1) is 6.77. The van der Waals surface area contributed by atoms with Crippen LogP contribution in [0.25, 0.3) is 0 Å². The smallest absolute Gasteiger partial charge is 0.152 e. The molecule has 0 spiro atoms. The molecule has 1 rings (SSSR count). The molecule has 0 aliphatic heterocycles. The molecular formula is C12H17FO. The zero-order chi connectivity index (χ0) is 11.0. The quantitative estimate of drug-likeness (QED) is 0.615. The number of aldehydes is 1. The van der Waals surface area contributed by atoms with Crippen molar-refractivity contribution < 1.29 is 9.18 Å². The molecule has 1 nitrogen and oxygen atoms in total. The van der Waals surface area contributed by atoms with Crippen LogP contribution >= 0.6 is 0 Å². The first kappa shape index (κ1) is 12.8. The third-order valence-electron chi connectivity index (χ3n) is 1.82. The lowest BCUT2D eigenvalue weighted by Crippen LogP contribution is -1.84. The molecule has 78 valence electrons. The minimum Gasteiger partial charge on any atom is -0.298 e. The Hall–Kier alpha value is -1.18. The molecule has 14 heavy (non-hydrogen) atoms. The van der Waals surface area contributed by atoms with E-state index in [1.165, 1.54) is 0 Å². The van der Waals surface area contributed by atoms with Crippen molar-refractivity contribution in [3.63, 3.8) is 0 Å². The molecule has 0 unspecified atom stereocenters. The van der Waals surface area contributed by atoms with Gasteiger partial charge in [-0.1, -0.05) is 32.9 Å². The summed E-state index contributed by atoms with van der Waals surface area (Å²) in [5, 5.41) is 0. The van der Waals surface area contributed by atoms with Gasteiger partial charge in [-0.05, 0) is 18.1 Å². The molecule has 1 aliphatic rings. The maximum Gasteiger partial charge on any atom is 0.152 e. The molecule has 0 amide bonds. The van der Waals surface area contributed by atoms with Gasteiger partial charge in [0.05, 0.1) is 0 Å². The van der Waals surface area contributed by atoms with Crippen molar-refractivity contribution in [1.29, 1.82) is 0 Å². The fourth-order valence-corrected chi connectivity index (χ4v) is 1.08. The first-order valence-corrected chi connectivity index (χ1v) is 4.99. The van der Waals surface area contributed by atoms with Gasteiger partial charge in [0.1, 0.15) is 5.83 Å². The lowest BCUT2D eigenvalue weighted by atomic mass is 10.1. The van der Waals surface area contributed by atoms with Gasteiger partial charge in [-0.3, -0.25) is 4.79 Å². The van der Waals surface area contributed by atoms with E-state index in [2.05, 4.69) is 0 Å². The molecule has 2 heteroatoms. The number of rotatable bonds is 2. The van der Waals surface area contributed by atoms with E-state index in [4.69, 9.17) is 0 Å². The van der Waals surface area contributed by atoms with Crippen LogP contribution in [0.5, 0.6) is 0 Å². The molecule has 0 N–H and O–H groups in total. The Morgan fingerprint density at radius 3 is 2.64 bits per heavy atom. The third-order valence-corrected chi connectivity index (χ3v) is 1.82. The van der Waals surface area contributed by atoms with Gasteiger partial charge < -0.3 is 0 Å². The molecule has 1 aliphatic carbocycles. The summed E-state index contributed by atoms with van der Waals surface area (Å²) in [5.41, 5.74) is 1.17. The molecule has 0 fully saturated rings. The van der Waals surface area contributed by atoms with Crippen LogP contribution in [0.15, 0.2) is 35.2 Å². The highest BCUT2D eigenvalue weighted by atomic mass is 19.1. The van der Waals surface area contributed by atoms with Crippen LogP contribution in [-0.4, -0.2) is 6.29 Å². The summed E-state index contributed by atoms with van der Waals surface area (Å²) in [6.07, 6.45) is 6.82. The predicted octanol–water partition coefficient (Wildman–Crippen LogP) is 3.73. The van der Waals surface area contributed by atoms with Crippen LogP contribution in [-0.2, 0) is 4.79 Å². The highest BCUT2D eigenvalue weighted by Gasteiger charge is 2.05. The minimum atomic E-state index is -0.343. The normalized spacial score (nSPS) is 15.3. The average Bonchev–Trinajstić information content (AvgIpc) is 2.42. The van der Waals surface area contributed by atoms with Crippen molar-refractivity contribution >= 4 is 6.29 Å². The van der Waals surface area contributed by atoms with Gasteiger partial charge in [0, 0.05) is 12.0 Å². The largest absolute Gasteiger partial charge is 0.298 e. The molecule has 0 heterocycles. The summed E-state index contributed by atoms with van der Waals surface area (Å²) in [4.78, 5) is 10.4. The number of hydrogen-bond donors (Lipinski definition) is 0. The minimum absolute atomic E-state index is 0.178. The van der Waals surface area contributed by atoms with E-state index in [1.807, 2.05) is 26.8 Å². The summed E-state index contributed by atoms with van der Waals surface area (Å²) in [6, 6.07) is 0. The van der Waals surface area contributed by atoms with Gasteiger partial charge in [0.15, 0.2) is 6.29 Å². The van der Waals surface area contributed by atoms with Crippen LogP contribution in [0.1, 0.15) is 33.6 Å². The van der Waals surface area contributed by atoms with E-state index in [0.29, 0.717) is 6.29 Å². The van der Waals surface area contributed by atoms with Gasteiger partial charge in [-0.2, -0.15) is 0 Å². The van der Waals surface area contributed by atoms with Crippen molar-refractivity contribution in [2.75, 3.05) is 0 Å². The lowest BCUT2D eigenvalue weighted by molar-refractivity contribution is -0.104. The lowest BCUT2D eigenvalue weighted by Gasteiger charge is -1.94. The zero-order valence-corrected chi connectivity index (χ0v) is 9.01. The fourth-order valence-electron chi connectivity index (χ4n) is 1.08. The summed E-state index contributed by atoms with van der Waals surface area (Å²) in [5.74, 6) is -0.343. The maximum atomic E-state index is 13.0. The molecule has 0 saturated carbocycles. The number of carbonyl (C=O) groups excluding carboxylic acids is 1. The maximum absolute atomic E-state index is 13.0. The Labute approximate surface area is 85.0 Å². The summed E-state index contributed by atoms with van der Waals surface area (Å²) in [7, 11) is 0. The molecule has 0 atom stereocenters. The van der Waals surface area contributed by atoms with E-state index >= 15 is 0 Å². The number of carbonyl (C=O) groups is 1. The Balaban J connectivity index is 0.000000791. The Bertz CT molecular complexity index is 272. The van der Waals surface area contributed by atoms with Crippen molar-refractivity contribution in [3.05, 3.63) is 35.2 Å². The van der Waals surface area contributed by atoms with Crippen molar-refractivity contribution in [3.8, 4) is 0 Å². The van der Waals surface area contributed by atoms with Gasteiger partial charge >= 0.3 is 0 Å². The molecule has 0 aromatic carbocycles. The topological polar surface area (TPSA) is 17.1 Å². The Morgan fingerprint density at radius 1 is 1.50 bits per heavy atom. The fraction of sp³-hybridized carbons (Fsp3) is 0.417. The molecular weight excluding hydrogens is 179 g/mol. The second kappa shape index (κ2) is 7.25. The van der Waals surface area contributed by atoms with Crippen LogP contribution in [0.3, 0.4) is 0 Å². The Morgan fingerprint density at radius 2 is 2.14 bits per heavy atom. The van der Waals surface area contributed by atoms with E-state index in [-0.39, 0.29) is 17.8 Å². The van der Waals surface area contributed by atoms with Gasteiger partial charge in [0.25, 0.3) is 0 Å². The number of hydrogen-bond acceptors (Lipinski definition) is 1. The molecule has 0 aromatic heterocycles. The average molecular weight is 196 g/mol. The van der Waals surface area contributed by atoms with Crippen molar-refractivity contribution in [2.45, 2.75) is 33.6 Å². The van der Waals surface area contributed by atoms with Crippen LogP contribution < -0.4 is 0 Å². The monoisotopic (exact) mass is 196 g/mol. The summed E-state index contributed by atoms with van der Waals surface area (Å²) >= 11 is 0. The van der Waals surface area contributed by atoms with Gasteiger partial charge in [-0.25, -0.2) is 4.39 Å². The van der Waals surface area contributed by atoms with Crippen LogP contribution in [0.2, 0.25) is 0 Å². The van der Waals surface area contributed by atoms with Crippen LogP contribution in [0, 0.1) is 0 Å². The Kier molecular flexibility index (Phi) is 6.63. The highest BCUT2D eigenvalue weighted by molar-refractivity contribution is 5.79. The van der Waals surface area contributed by atoms with E-state index in [0.717, 1.165) is 12.0 Å². The predicted molar refractivity (Wildman–Crippen MR) is 57.7 cm³/mol. The van der Waals surface area contributed by atoms with Crippen molar-refractivity contribution in [1.82, 2.24) is 0 Å². The third kappa shape index (κ3) is 3.69. The second-order valence-corrected chi connectivity index (χ2v) is 2.66. The molecule has 0 bridgehead atoms. The number of halogens is 1. The van der Waals surface area contributed by atoms with Gasteiger partial charge in [-0.15, -0.1) is 0 Å². The summed E-state index contributed by atoms with van der Waals surface area (Å²) < 4.78 is 13.0. The van der Waals surface area contributed by atoms with E-state index < -0.39 is 0 Å². The first-order valence-electron chi connectivity index (χ1n) is 4.99. The molecule has 0 aromatic rings. The molecule has 0 radical (unpaired) electrons. The molecule has 0 saturated heterocycles. The van der Waals surface area contributed by atoms with Crippen LogP contribution in [0.4, 0.5) is 4.39 Å². The summed E-state index contributed by atoms with van der Waals surface area (Å²) in [6.45, 7) is 5.97. The highest BCUT2D eigenvalue weighted by Crippen LogP contribution is 2.18. The van der Waals surface area contributed by atoms with E-state index in [1.54, 1.807) is 12.2 Å². The second-order valence-electron chi connectivity index (χ2n) is 2.66.